The predicted molar refractivity (Wildman–Crippen MR) is 135 cm³/mol. The molecule has 11 heteroatoms. The Morgan fingerprint density at radius 1 is 1.17 bits per heavy atom. The van der Waals surface area contributed by atoms with E-state index >= 15 is 0 Å². The van der Waals surface area contributed by atoms with Crippen LogP contribution in [-0.4, -0.2) is 74.1 Å². The third-order valence-electron chi connectivity index (χ3n) is 7.43. The van der Waals surface area contributed by atoms with E-state index in [0.29, 0.717) is 12.2 Å². The number of benzene rings is 1. The highest BCUT2D eigenvalue weighted by Gasteiger charge is 2.51. The summed E-state index contributed by atoms with van der Waals surface area (Å²) < 4.78 is 12.3. The first-order valence-corrected chi connectivity index (χ1v) is 12.3. The first-order valence-electron chi connectivity index (χ1n) is 12.3. The zero-order chi connectivity index (χ0) is 26.4. The SMILES string of the molecule is CC(C)[C@H](NC(=O)O)C(=O)N1C[C@@H](O)C[C@H]1c1ncc(-c2ccc(B3OC(C)(C)C(C)(C)O3)cc2)[nH]1. The Bertz CT molecular complexity index is 1100. The molecule has 1 aromatic carbocycles. The number of nitrogens with zero attached hydrogens (tertiary/aromatic N) is 2. The summed E-state index contributed by atoms with van der Waals surface area (Å²) in [5.41, 5.74) is 1.75. The maximum absolute atomic E-state index is 13.2. The van der Waals surface area contributed by atoms with Crippen LogP contribution in [0.4, 0.5) is 4.79 Å². The molecule has 194 valence electrons. The fraction of sp³-hybridized carbons (Fsp3) is 0.560. The van der Waals surface area contributed by atoms with Crippen molar-refractivity contribution in [3.05, 3.63) is 36.3 Å². The van der Waals surface area contributed by atoms with Crippen LogP contribution >= 0.6 is 0 Å². The average molecular weight is 498 g/mol. The number of H-pyrrole nitrogens is 1. The molecule has 2 aliphatic rings. The van der Waals surface area contributed by atoms with Crippen LogP contribution in [0.25, 0.3) is 11.3 Å². The van der Waals surface area contributed by atoms with Crippen LogP contribution in [0.1, 0.15) is 59.8 Å². The molecule has 4 N–H and O–H groups in total. The Kier molecular flexibility index (Phi) is 6.93. The van der Waals surface area contributed by atoms with Gasteiger partial charge in [0.05, 0.1) is 35.2 Å². The lowest BCUT2D eigenvalue weighted by Gasteiger charge is -2.32. The molecule has 0 saturated carbocycles. The van der Waals surface area contributed by atoms with Crippen LogP contribution < -0.4 is 10.8 Å². The lowest BCUT2D eigenvalue weighted by molar-refractivity contribution is -0.135. The predicted octanol–water partition coefficient (Wildman–Crippen LogP) is 2.30. The largest absolute Gasteiger partial charge is 0.494 e. The summed E-state index contributed by atoms with van der Waals surface area (Å²) in [6.45, 7) is 11.7. The van der Waals surface area contributed by atoms with Crippen molar-refractivity contribution in [2.24, 2.45) is 5.92 Å². The van der Waals surface area contributed by atoms with E-state index in [9.17, 15) is 14.7 Å². The van der Waals surface area contributed by atoms with Gasteiger partial charge < -0.3 is 34.7 Å². The highest BCUT2D eigenvalue weighted by molar-refractivity contribution is 6.62. The Hall–Kier alpha value is -2.89. The lowest BCUT2D eigenvalue weighted by atomic mass is 9.79. The Morgan fingerprint density at radius 2 is 1.78 bits per heavy atom. The molecule has 4 rings (SSSR count). The van der Waals surface area contributed by atoms with Crippen molar-refractivity contribution in [3.63, 3.8) is 0 Å². The minimum absolute atomic E-state index is 0.118. The van der Waals surface area contributed by atoms with E-state index in [-0.39, 0.29) is 18.4 Å². The lowest BCUT2D eigenvalue weighted by Crippen LogP contribution is -2.51. The van der Waals surface area contributed by atoms with Crippen molar-refractivity contribution in [1.29, 1.82) is 0 Å². The van der Waals surface area contributed by atoms with Crippen LogP contribution in [-0.2, 0) is 14.1 Å². The van der Waals surface area contributed by atoms with Gasteiger partial charge in [0.1, 0.15) is 11.9 Å². The summed E-state index contributed by atoms with van der Waals surface area (Å²) in [6, 6.07) is 6.43. The Labute approximate surface area is 211 Å². The number of carbonyl (C=O) groups excluding carboxylic acids is 1. The maximum atomic E-state index is 13.2. The number of hydrogen-bond acceptors (Lipinski definition) is 6. The Morgan fingerprint density at radius 3 is 2.33 bits per heavy atom. The first-order chi connectivity index (χ1) is 16.8. The minimum Gasteiger partial charge on any atom is -0.465 e. The van der Waals surface area contributed by atoms with Gasteiger partial charge in [0.25, 0.3) is 0 Å². The molecule has 2 aliphatic heterocycles. The van der Waals surface area contributed by atoms with Gasteiger partial charge in [-0.3, -0.25) is 4.79 Å². The molecular formula is C25H35BN4O6. The molecule has 0 spiro atoms. The van der Waals surface area contributed by atoms with Gasteiger partial charge in [-0.25, -0.2) is 9.78 Å². The van der Waals surface area contributed by atoms with E-state index < -0.39 is 42.6 Å². The number of aromatic amines is 1. The maximum Gasteiger partial charge on any atom is 0.494 e. The van der Waals surface area contributed by atoms with E-state index in [1.54, 1.807) is 20.0 Å². The van der Waals surface area contributed by atoms with Gasteiger partial charge in [0, 0.05) is 13.0 Å². The molecular weight excluding hydrogens is 463 g/mol. The number of imidazole rings is 1. The van der Waals surface area contributed by atoms with Gasteiger partial charge in [0.15, 0.2) is 0 Å². The molecule has 10 nitrogen and oxygen atoms in total. The van der Waals surface area contributed by atoms with E-state index in [0.717, 1.165) is 16.7 Å². The second-order valence-electron chi connectivity index (χ2n) is 11.0. The van der Waals surface area contributed by atoms with Crippen molar-refractivity contribution < 1.29 is 29.1 Å². The summed E-state index contributed by atoms with van der Waals surface area (Å²) in [5.74, 6) is -0.0805. The summed E-state index contributed by atoms with van der Waals surface area (Å²) in [4.78, 5) is 33.7. The van der Waals surface area contributed by atoms with E-state index in [4.69, 9.17) is 14.4 Å². The molecule has 0 unspecified atom stereocenters. The van der Waals surface area contributed by atoms with Crippen LogP contribution in [0.15, 0.2) is 30.5 Å². The standard InChI is InChI=1S/C25H35BN4O6/c1-14(2)20(29-23(33)34)22(32)30-13-17(31)11-19(30)21-27-12-18(28-21)15-7-9-16(10-8-15)26-35-24(3,4)25(5,6)36-26/h7-10,12,14,17,19-20,29,31H,11,13H2,1-6H3,(H,27,28)(H,33,34)/t17-,19-,20-/m0/s1. The fourth-order valence-corrected chi connectivity index (χ4v) is 4.59. The summed E-state index contributed by atoms with van der Waals surface area (Å²) in [6.07, 6.45) is 0.0336. The van der Waals surface area contributed by atoms with Crippen LogP contribution in [0, 0.1) is 5.92 Å². The zero-order valence-electron chi connectivity index (χ0n) is 21.6. The smallest absolute Gasteiger partial charge is 0.465 e. The molecule has 2 saturated heterocycles. The van der Waals surface area contributed by atoms with Gasteiger partial charge in [-0.05, 0) is 44.6 Å². The van der Waals surface area contributed by atoms with Crippen LogP contribution in [0.3, 0.4) is 0 Å². The molecule has 2 amide bonds. The molecule has 3 atom stereocenters. The number of β-amino-alcohol motifs (C(OH)–C–C–N with tert-alkyl or cyclic N) is 1. The van der Waals surface area contributed by atoms with Gasteiger partial charge in [0.2, 0.25) is 5.91 Å². The van der Waals surface area contributed by atoms with Crippen molar-refractivity contribution >= 4 is 24.6 Å². The number of aliphatic hydroxyl groups excluding tert-OH is 1. The van der Waals surface area contributed by atoms with Crippen molar-refractivity contribution in [2.75, 3.05) is 6.54 Å². The second-order valence-corrected chi connectivity index (χ2v) is 11.0. The van der Waals surface area contributed by atoms with E-state index in [2.05, 4.69) is 15.3 Å². The van der Waals surface area contributed by atoms with Crippen molar-refractivity contribution in [2.45, 2.75) is 77.4 Å². The topological polar surface area (TPSA) is 137 Å². The van der Waals surface area contributed by atoms with Crippen molar-refractivity contribution in [3.8, 4) is 11.3 Å². The summed E-state index contributed by atoms with van der Waals surface area (Å²) >= 11 is 0. The number of amides is 2. The molecule has 0 radical (unpaired) electrons. The molecule has 36 heavy (non-hydrogen) atoms. The number of carbonyl (C=O) groups is 2. The number of hydrogen-bond donors (Lipinski definition) is 4. The third kappa shape index (κ3) is 5.00. The number of rotatable bonds is 6. The first kappa shape index (κ1) is 26.2. The Balaban J connectivity index is 1.51. The quantitative estimate of drug-likeness (QED) is 0.449. The third-order valence-corrected chi connectivity index (χ3v) is 7.43. The highest BCUT2D eigenvalue weighted by atomic mass is 16.7. The van der Waals surface area contributed by atoms with Gasteiger partial charge >= 0.3 is 13.2 Å². The van der Waals surface area contributed by atoms with E-state index in [1.807, 2.05) is 52.0 Å². The number of nitrogens with one attached hydrogen (secondary N) is 2. The van der Waals surface area contributed by atoms with Gasteiger partial charge in [-0.15, -0.1) is 0 Å². The molecule has 0 aliphatic carbocycles. The molecule has 3 heterocycles. The fourth-order valence-electron chi connectivity index (χ4n) is 4.59. The number of likely N-dealkylation sites (tertiary alicyclic amines) is 1. The minimum atomic E-state index is -1.26. The van der Waals surface area contributed by atoms with Crippen LogP contribution in [0.2, 0.25) is 0 Å². The second kappa shape index (κ2) is 9.53. The molecule has 0 bridgehead atoms. The average Bonchev–Trinajstić information content (AvgIpc) is 3.47. The highest BCUT2D eigenvalue weighted by Crippen LogP contribution is 2.37. The number of carboxylic acid groups (broad SMARTS) is 1. The van der Waals surface area contributed by atoms with Crippen LogP contribution in [0.5, 0.6) is 0 Å². The summed E-state index contributed by atoms with van der Waals surface area (Å²) in [7, 11) is -0.450. The zero-order valence-corrected chi connectivity index (χ0v) is 21.6. The van der Waals surface area contributed by atoms with Gasteiger partial charge in [-0.2, -0.15) is 0 Å². The number of aromatic nitrogens is 2. The summed E-state index contributed by atoms with van der Waals surface area (Å²) in [5, 5.41) is 21.8. The molecule has 2 aromatic rings. The molecule has 2 fully saturated rings. The van der Waals surface area contributed by atoms with E-state index in [1.165, 1.54) is 4.90 Å². The monoisotopic (exact) mass is 498 g/mol. The normalized spacial score (nSPS) is 23.8. The van der Waals surface area contributed by atoms with Gasteiger partial charge in [-0.1, -0.05) is 38.1 Å². The van der Waals surface area contributed by atoms with Crippen molar-refractivity contribution in [1.82, 2.24) is 20.2 Å². The molecule has 1 aromatic heterocycles. The number of aliphatic hydroxyl groups is 1.